The van der Waals surface area contributed by atoms with Gasteiger partial charge < -0.3 is 4.74 Å². The lowest BCUT2D eigenvalue weighted by atomic mass is 10.0. The second-order valence-electron chi connectivity index (χ2n) is 4.39. The molecule has 0 amide bonds. The number of halogens is 1. The Hall–Kier alpha value is -1.01. The van der Waals surface area contributed by atoms with Gasteiger partial charge in [0.1, 0.15) is 10.9 Å². The molecule has 1 aromatic rings. The molecule has 1 N–H and O–H groups in total. The summed E-state index contributed by atoms with van der Waals surface area (Å²) in [7, 11) is 0. The average Bonchev–Trinajstić information content (AvgIpc) is 2.65. The van der Waals surface area contributed by atoms with E-state index in [4.69, 9.17) is 4.74 Å². The standard InChI is InChI=1S/C11H15FN2O2S/c1-3-8-6(2)4-9(16-8)14-5-7(12)10(17)13-11(14)15/h5-6,8-9H,3-4H2,1-2H3,(H,13,15,17). The van der Waals surface area contributed by atoms with Gasteiger partial charge >= 0.3 is 5.69 Å². The number of aromatic nitrogens is 2. The first kappa shape index (κ1) is 12.4. The summed E-state index contributed by atoms with van der Waals surface area (Å²) in [4.78, 5) is 14.0. The summed E-state index contributed by atoms with van der Waals surface area (Å²) >= 11 is 4.66. The molecule has 0 aliphatic carbocycles. The van der Waals surface area contributed by atoms with Crippen molar-refractivity contribution in [3.63, 3.8) is 0 Å². The van der Waals surface area contributed by atoms with Gasteiger partial charge in [-0.25, -0.2) is 9.18 Å². The van der Waals surface area contributed by atoms with Crippen molar-refractivity contribution in [2.75, 3.05) is 0 Å². The molecule has 0 bridgehead atoms. The lowest BCUT2D eigenvalue weighted by Gasteiger charge is -2.15. The first-order chi connectivity index (χ1) is 8.02. The molecule has 3 unspecified atom stereocenters. The molecule has 0 spiro atoms. The van der Waals surface area contributed by atoms with E-state index in [2.05, 4.69) is 24.1 Å². The molecular formula is C11H15FN2O2S. The molecule has 6 heteroatoms. The molecule has 1 aromatic heterocycles. The van der Waals surface area contributed by atoms with E-state index in [-0.39, 0.29) is 10.7 Å². The third-order valence-electron chi connectivity index (χ3n) is 3.18. The predicted octanol–water partition coefficient (Wildman–Crippen LogP) is 2.38. The molecule has 1 aliphatic heterocycles. The number of nitrogens with zero attached hydrogens (tertiary/aromatic N) is 1. The Morgan fingerprint density at radius 2 is 2.41 bits per heavy atom. The van der Waals surface area contributed by atoms with E-state index < -0.39 is 17.7 Å². The van der Waals surface area contributed by atoms with Crippen LogP contribution in [0.3, 0.4) is 0 Å². The van der Waals surface area contributed by atoms with E-state index in [1.165, 1.54) is 4.57 Å². The zero-order valence-electron chi connectivity index (χ0n) is 9.77. The Kier molecular flexibility index (Phi) is 3.44. The number of hydrogen-bond acceptors (Lipinski definition) is 3. The van der Waals surface area contributed by atoms with E-state index in [1.54, 1.807) is 0 Å². The van der Waals surface area contributed by atoms with Crippen molar-refractivity contribution < 1.29 is 9.13 Å². The zero-order valence-corrected chi connectivity index (χ0v) is 10.6. The molecule has 17 heavy (non-hydrogen) atoms. The first-order valence-electron chi connectivity index (χ1n) is 5.69. The van der Waals surface area contributed by atoms with Gasteiger partial charge in [-0.3, -0.25) is 9.55 Å². The van der Waals surface area contributed by atoms with Gasteiger partial charge in [0.15, 0.2) is 5.82 Å². The van der Waals surface area contributed by atoms with Crippen LogP contribution < -0.4 is 5.69 Å². The molecule has 0 radical (unpaired) electrons. The number of H-pyrrole nitrogens is 1. The molecule has 94 valence electrons. The fourth-order valence-corrected chi connectivity index (χ4v) is 2.35. The number of aromatic amines is 1. The van der Waals surface area contributed by atoms with Crippen molar-refractivity contribution in [3.8, 4) is 0 Å². The molecule has 1 fully saturated rings. The van der Waals surface area contributed by atoms with Gasteiger partial charge in [0, 0.05) is 0 Å². The van der Waals surface area contributed by atoms with Crippen molar-refractivity contribution >= 4 is 12.2 Å². The van der Waals surface area contributed by atoms with E-state index in [9.17, 15) is 9.18 Å². The molecule has 1 aliphatic rings. The Balaban J connectivity index is 2.34. The minimum absolute atomic E-state index is 0.123. The third-order valence-corrected chi connectivity index (χ3v) is 3.47. The zero-order chi connectivity index (χ0) is 12.6. The maximum atomic E-state index is 13.3. The summed E-state index contributed by atoms with van der Waals surface area (Å²) in [6, 6.07) is 0. The van der Waals surface area contributed by atoms with E-state index in [0.717, 1.165) is 12.6 Å². The number of hydrogen-bond donors (Lipinski definition) is 1. The van der Waals surface area contributed by atoms with Crippen LogP contribution in [0.1, 0.15) is 32.9 Å². The fourth-order valence-electron chi connectivity index (χ4n) is 2.21. The monoisotopic (exact) mass is 258 g/mol. The SMILES string of the molecule is CCC1OC(n2cc(F)c(=S)[nH]c2=O)CC1C. The molecule has 0 aromatic carbocycles. The molecule has 4 nitrogen and oxygen atoms in total. The van der Waals surface area contributed by atoms with Crippen LogP contribution in [0.15, 0.2) is 11.0 Å². The highest BCUT2D eigenvalue weighted by Gasteiger charge is 2.32. The van der Waals surface area contributed by atoms with Gasteiger partial charge in [-0.05, 0) is 18.8 Å². The van der Waals surface area contributed by atoms with Crippen molar-refractivity contribution in [1.82, 2.24) is 9.55 Å². The molecule has 3 atom stereocenters. The number of rotatable bonds is 2. The molecule has 1 saturated heterocycles. The molecule has 2 rings (SSSR count). The van der Waals surface area contributed by atoms with Crippen molar-refractivity contribution in [1.29, 1.82) is 0 Å². The van der Waals surface area contributed by atoms with Crippen molar-refractivity contribution in [3.05, 3.63) is 27.1 Å². The maximum Gasteiger partial charge on any atom is 0.328 e. The summed E-state index contributed by atoms with van der Waals surface area (Å²) in [6.07, 6.45) is 2.44. The van der Waals surface area contributed by atoms with E-state index >= 15 is 0 Å². The van der Waals surface area contributed by atoms with Crippen LogP contribution in [0.4, 0.5) is 4.39 Å². The van der Waals surface area contributed by atoms with E-state index in [0.29, 0.717) is 12.3 Å². The lowest BCUT2D eigenvalue weighted by molar-refractivity contribution is -0.00807. The third kappa shape index (κ3) is 2.32. The molecular weight excluding hydrogens is 243 g/mol. The maximum absolute atomic E-state index is 13.3. The van der Waals surface area contributed by atoms with Gasteiger partial charge in [0.25, 0.3) is 0 Å². The second-order valence-corrected chi connectivity index (χ2v) is 4.80. The van der Waals surface area contributed by atoms with Gasteiger partial charge in [0.05, 0.1) is 12.3 Å². The van der Waals surface area contributed by atoms with Gasteiger partial charge in [0.2, 0.25) is 0 Å². The highest BCUT2D eigenvalue weighted by molar-refractivity contribution is 7.71. The Labute approximate surface area is 103 Å². The van der Waals surface area contributed by atoms with Crippen molar-refractivity contribution in [2.24, 2.45) is 5.92 Å². The largest absolute Gasteiger partial charge is 0.354 e. The molecule has 2 heterocycles. The van der Waals surface area contributed by atoms with Crippen LogP contribution in [-0.2, 0) is 4.74 Å². The number of ether oxygens (including phenoxy) is 1. The highest BCUT2D eigenvalue weighted by atomic mass is 32.1. The summed E-state index contributed by atoms with van der Waals surface area (Å²) in [6.45, 7) is 4.10. The van der Waals surface area contributed by atoms with E-state index in [1.807, 2.05) is 6.92 Å². The Morgan fingerprint density at radius 3 is 3.00 bits per heavy atom. The quantitative estimate of drug-likeness (QED) is 0.828. The highest BCUT2D eigenvalue weighted by Crippen LogP contribution is 2.33. The second kappa shape index (κ2) is 4.70. The van der Waals surface area contributed by atoms with Gasteiger partial charge in [-0.2, -0.15) is 0 Å². The fraction of sp³-hybridized carbons (Fsp3) is 0.636. The summed E-state index contributed by atoms with van der Waals surface area (Å²) in [5.41, 5.74) is -0.426. The predicted molar refractivity (Wildman–Crippen MR) is 63.8 cm³/mol. The van der Waals surface area contributed by atoms with Crippen LogP contribution >= 0.6 is 12.2 Å². The normalized spacial score (nSPS) is 28.5. The van der Waals surface area contributed by atoms with Gasteiger partial charge in [-0.15, -0.1) is 0 Å². The summed E-state index contributed by atoms with van der Waals surface area (Å²) in [5.74, 6) is -0.237. The Bertz CT molecular complexity index is 525. The van der Waals surface area contributed by atoms with Crippen LogP contribution in [0, 0.1) is 16.4 Å². The first-order valence-corrected chi connectivity index (χ1v) is 6.10. The Morgan fingerprint density at radius 1 is 1.71 bits per heavy atom. The minimum atomic E-state index is -0.601. The average molecular weight is 258 g/mol. The van der Waals surface area contributed by atoms with Crippen molar-refractivity contribution in [2.45, 2.75) is 39.0 Å². The van der Waals surface area contributed by atoms with Crippen LogP contribution in [-0.4, -0.2) is 15.7 Å². The number of nitrogens with one attached hydrogen (secondary N) is 1. The summed E-state index contributed by atoms with van der Waals surface area (Å²) in [5, 5.41) is 0. The molecule has 0 saturated carbocycles. The van der Waals surface area contributed by atoms with Gasteiger partial charge in [-0.1, -0.05) is 26.1 Å². The lowest BCUT2D eigenvalue weighted by Crippen LogP contribution is -2.27. The summed E-state index contributed by atoms with van der Waals surface area (Å²) < 4.78 is 20.1. The topological polar surface area (TPSA) is 47.0 Å². The smallest absolute Gasteiger partial charge is 0.328 e. The van der Waals surface area contributed by atoms with Crippen LogP contribution in [0.2, 0.25) is 0 Å². The van der Waals surface area contributed by atoms with Crippen LogP contribution in [0.25, 0.3) is 0 Å². The van der Waals surface area contributed by atoms with Crippen LogP contribution in [0.5, 0.6) is 0 Å². The minimum Gasteiger partial charge on any atom is -0.354 e.